The second-order valence-electron chi connectivity index (χ2n) is 8.71. The van der Waals surface area contributed by atoms with Gasteiger partial charge in [-0.15, -0.1) is 0 Å². The third kappa shape index (κ3) is 4.45. The lowest BCUT2D eigenvalue weighted by Gasteiger charge is -2.34. The van der Waals surface area contributed by atoms with E-state index in [1.165, 1.54) is 0 Å². The minimum atomic E-state index is -0.163. The summed E-state index contributed by atoms with van der Waals surface area (Å²) in [6, 6.07) is 3.46. The summed E-state index contributed by atoms with van der Waals surface area (Å²) in [5.41, 5.74) is 1.71. The van der Waals surface area contributed by atoms with E-state index in [9.17, 15) is 14.4 Å². The Kier molecular flexibility index (Phi) is 6.67. The molecule has 8 nitrogen and oxygen atoms in total. The van der Waals surface area contributed by atoms with Crippen molar-refractivity contribution in [1.82, 2.24) is 24.8 Å². The van der Waals surface area contributed by atoms with E-state index in [1.54, 1.807) is 29.4 Å². The number of nitrogens with one attached hydrogen (secondary N) is 1. The molecule has 2 aromatic heterocycles. The van der Waals surface area contributed by atoms with Gasteiger partial charge in [-0.2, -0.15) is 0 Å². The quantitative estimate of drug-likeness (QED) is 0.775. The molecule has 0 aliphatic carbocycles. The topological polar surface area (TPSA) is 99.3 Å². The number of likely N-dealkylation sites (tertiary alicyclic amines) is 1. The van der Waals surface area contributed by atoms with Crippen molar-refractivity contribution in [2.75, 3.05) is 19.6 Å². The number of fused-ring (bicyclic) bond motifs is 1. The van der Waals surface area contributed by atoms with Gasteiger partial charge in [0.05, 0.1) is 23.4 Å². The number of rotatable bonds is 5. The molecule has 0 unspecified atom stereocenters. The zero-order chi connectivity index (χ0) is 22.7. The van der Waals surface area contributed by atoms with Crippen molar-refractivity contribution in [3.8, 4) is 0 Å². The molecular formula is C24H31N5O3. The summed E-state index contributed by atoms with van der Waals surface area (Å²) in [7, 11) is 0. The number of carbonyl (C=O) groups excluding carboxylic acids is 2. The molecule has 0 aromatic carbocycles. The highest BCUT2D eigenvalue weighted by atomic mass is 16.2. The van der Waals surface area contributed by atoms with E-state index in [1.807, 2.05) is 4.90 Å². The molecule has 0 spiro atoms. The van der Waals surface area contributed by atoms with Gasteiger partial charge in [-0.05, 0) is 37.8 Å². The van der Waals surface area contributed by atoms with E-state index in [0.717, 1.165) is 37.2 Å². The van der Waals surface area contributed by atoms with Gasteiger partial charge in [-0.25, -0.2) is 4.98 Å². The summed E-state index contributed by atoms with van der Waals surface area (Å²) >= 11 is 0. The normalized spacial score (nSPS) is 16.8. The second kappa shape index (κ2) is 9.63. The van der Waals surface area contributed by atoms with E-state index < -0.39 is 0 Å². The van der Waals surface area contributed by atoms with Gasteiger partial charge >= 0.3 is 0 Å². The van der Waals surface area contributed by atoms with Gasteiger partial charge in [-0.3, -0.25) is 19.4 Å². The third-order valence-electron chi connectivity index (χ3n) is 6.81. The first-order valence-corrected chi connectivity index (χ1v) is 11.6. The van der Waals surface area contributed by atoms with Gasteiger partial charge < -0.3 is 14.8 Å². The first-order valence-electron chi connectivity index (χ1n) is 11.6. The van der Waals surface area contributed by atoms with Crippen LogP contribution in [0.1, 0.15) is 72.9 Å². The Labute approximate surface area is 188 Å². The number of hydrogen-bond donors (Lipinski definition) is 1. The van der Waals surface area contributed by atoms with Gasteiger partial charge in [0.25, 0.3) is 11.5 Å². The monoisotopic (exact) mass is 437 g/mol. The predicted molar refractivity (Wildman–Crippen MR) is 120 cm³/mol. The highest BCUT2D eigenvalue weighted by molar-refractivity contribution is 5.94. The van der Waals surface area contributed by atoms with Gasteiger partial charge in [0.2, 0.25) is 5.91 Å². The SMILES string of the molecule is CCC(CC)C(=O)N1CCC(c2nc3c(c(=O)[nH]2)CN(C(=O)c2cccnc2)CC3)CC1. The van der Waals surface area contributed by atoms with Crippen LogP contribution in [0.3, 0.4) is 0 Å². The molecule has 1 N–H and O–H groups in total. The molecule has 4 heterocycles. The van der Waals surface area contributed by atoms with Crippen LogP contribution in [0.25, 0.3) is 0 Å². The molecule has 0 bridgehead atoms. The average molecular weight is 438 g/mol. The van der Waals surface area contributed by atoms with Crippen LogP contribution >= 0.6 is 0 Å². The van der Waals surface area contributed by atoms with Gasteiger partial charge in [0, 0.05) is 50.3 Å². The number of aromatic amines is 1. The lowest BCUT2D eigenvalue weighted by molar-refractivity contribution is -0.136. The fourth-order valence-electron chi connectivity index (χ4n) is 4.75. The summed E-state index contributed by atoms with van der Waals surface area (Å²) in [5.74, 6) is 1.09. The van der Waals surface area contributed by atoms with Gasteiger partial charge in [-0.1, -0.05) is 13.8 Å². The number of nitrogens with zero attached hydrogens (tertiary/aromatic N) is 4. The number of H-pyrrole nitrogens is 1. The highest BCUT2D eigenvalue weighted by Gasteiger charge is 2.30. The van der Waals surface area contributed by atoms with Crippen molar-refractivity contribution in [2.45, 2.75) is 58.4 Å². The van der Waals surface area contributed by atoms with E-state index in [-0.39, 0.29) is 35.8 Å². The number of amides is 2. The van der Waals surface area contributed by atoms with E-state index in [0.29, 0.717) is 37.2 Å². The number of carbonyl (C=O) groups is 2. The van der Waals surface area contributed by atoms with Gasteiger partial charge in [0.15, 0.2) is 0 Å². The van der Waals surface area contributed by atoms with Gasteiger partial charge in [0.1, 0.15) is 5.82 Å². The number of hydrogen-bond acceptors (Lipinski definition) is 5. The molecule has 2 aromatic rings. The van der Waals surface area contributed by atoms with Crippen LogP contribution in [-0.4, -0.2) is 56.2 Å². The molecule has 4 rings (SSSR count). The molecule has 170 valence electrons. The molecule has 2 aliphatic rings. The summed E-state index contributed by atoms with van der Waals surface area (Å²) in [6.45, 7) is 6.31. The van der Waals surface area contributed by atoms with Crippen LogP contribution in [0, 0.1) is 5.92 Å². The van der Waals surface area contributed by atoms with Crippen LogP contribution in [0.4, 0.5) is 0 Å². The zero-order valence-corrected chi connectivity index (χ0v) is 18.8. The number of piperidine rings is 1. The predicted octanol–water partition coefficient (Wildman–Crippen LogP) is 2.51. The van der Waals surface area contributed by atoms with Crippen LogP contribution in [-0.2, 0) is 17.8 Å². The maximum atomic E-state index is 12.9. The Bertz CT molecular complexity index is 1020. The fraction of sp³-hybridized carbons (Fsp3) is 0.542. The van der Waals surface area contributed by atoms with Crippen LogP contribution in [0.5, 0.6) is 0 Å². The summed E-state index contributed by atoms with van der Waals surface area (Å²) < 4.78 is 0. The Morgan fingerprint density at radius 3 is 2.56 bits per heavy atom. The average Bonchev–Trinajstić information content (AvgIpc) is 2.84. The van der Waals surface area contributed by atoms with Crippen molar-refractivity contribution < 1.29 is 9.59 Å². The smallest absolute Gasteiger partial charge is 0.256 e. The summed E-state index contributed by atoms with van der Waals surface area (Å²) in [6.07, 6.45) is 7.09. The summed E-state index contributed by atoms with van der Waals surface area (Å²) in [4.78, 5) is 53.7. The van der Waals surface area contributed by atoms with Crippen LogP contribution in [0.2, 0.25) is 0 Å². The first-order chi connectivity index (χ1) is 15.5. The molecule has 0 atom stereocenters. The van der Waals surface area contributed by atoms with E-state index in [4.69, 9.17) is 4.98 Å². The molecule has 0 radical (unpaired) electrons. The highest BCUT2D eigenvalue weighted by Crippen LogP contribution is 2.28. The minimum Gasteiger partial charge on any atom is -0.342 e. The Balaban J connectivity index is 1.44. The maximum Gasteiger partial charge on any atom is 0.256 e. The minimum absolute atomic E-state index is 0.102. The van der Waals surface area contributed by atoms with Crippen LogP contribution in [0.15, 0.2) is 29.3 Å². The standard InChI is InChI=1S/C24H31N5O3/c1-3-16(4-2)23(31)28-11-7-17(8-12-28)21-26-20-9-13-29(15-19(20)22(30)27-21)24(32)18-6-5-10-25-14-18/h5-6,10,14,16-17H,3-4,7-9,11-13,15H2,1-2H3,(H,26,27,30). The fourth-order valence-corrected chi connectivity index (χ4v) is 4.75. The third-order valence-corrected chi connectivity index (χ3v) is 6.81. The lowest BCUT2D eigenvalue weighted by Crippen LogP contribution is -2.42. The molecule has 32 heavy (non-hydrogen) atoms. The Morgan fingerprint density at radius 1 is 1.16 bits per heavy atom. The molecule has 2 amide bonds. The van der Waals surface area contributed by atoms with Crippen molar-refractivity contribution in [3.63, 3.8) is 0 Å². The van der Waals surface area contributed by atoms with Crippen LogP contribution < -0.4 is 5.56 Å². The van der Waals surface area contributed by atoms with Crippen molar-refractivity contribution in [1.29, 1.82) is 0 Å². The van der Waals surface area contributed by atoms with E-state index >= 15 is 0 Å². The lowest BCUT2D eigenvalue weighted by atomic mass is 9.93. The maximum absolute atomic E-state index is 12.9. The van der Waals surface area contributed by atoms with E-state index in [2.05, 4.69) is 23.8 Å². The van der Waals surface area contributed by atoms with Crippen molar-refractivity contribution >= 4 is 11.8 Å². The molecule has 1 saturated heterocycles. The molecule has 0 saturated carbocycles. The van der Waals surface area contributed by atoms with Crippen molar-refractivity contribution in [2.24, 2.45) is 5.92 Å². The number of aromatic nitrogens is 3. The Hall–Kier alpha value is -3.03. The summed E-state index contributed by atoms with van der Waals surface area (Å²) in [5, 5.41) is 0. The second-order valence-corrected chi connectivity index (χ2v) is 8.71. The van der Waals surface area contributed by atoms with Crippen molar-refractivity contribution in [3.05, 3.63) is 57.5 Å². The largest absolute Gasteiger partial charge is 0.342 e. The molecule has 8 heteroatoms. The molecular weight excluding hydrogens is 406 g/mol. The first kappa shape index (κ1) is 22.2. The number of pyridine rings is 1. The zero-order valence-electron chi connectivity index (χ0n) is 18.8. The molecule has 1 fully saturated rings. The molecule has 2 aliphatic heterocycles. The Morgan fingerprint density at radius 2 is 1.91 bits per heavy atom.